The summed E-state index contributed by atoms with van der Waals surface area (Å²) in [6, 6.07) is 7.10. The van der Waals surface area contributed by atoms with Gasteiger partial charge in [0.05, 0.1) is 13.2 Å². The Labute approximate surface area is 121 Å². The molecule has 3 rings (SSSR count). The second kappa shape index (κ2) is 5.74. The highest BCUT2D eigenvalue weighted by Gasteiger charge is 2.39. The Balaban J connectivity index is 1.82. The molecule has 1 aromatic carbocycles. The van der Waals surface area contributed by atoms with E-state index in [1.807, 2.05) is 12.1 Å². The Morgan fingerprint density at radius 3 is 2.75 bits per heavy atom. The lowest BCUT2D eigenvalue weighted by Crippen LogP contribution is -2.44. The summed E-state index contributed by atoms with van der Waals surface area (Å²) in [5.74, 6) is 0.891. The van der Waals surface area contributed by atoms with E-state index < -0.39 is 0 Å². The molecule has 0 aliphatic heterocycles. The molecule has 0 amide bonds. The van der Waals surface area contributed by atoms with E-state index in [1.165, 1.54) is 18.4 Å². The maximum atomic E-state index is 10.8. The molecule has 0 saturated heterocycles. The van der Waals surface area contributed by atoms with Crippen LogP contribution in [0.4, 0.5) is 0 Å². The minimum Gasteiger partial charge on any atom is -0.497 e. The van der Waals surface area contributed by atoms with Gasteiger partial charge in [0, 0.05) is 12.1 Å². The van der Waals surface area contributed by atoms with Crippen molar-refractivity contribution in [3.63, 3.8) is 0 Å². The first-order valence-electron chi connectivity index (χ1n) is 7.85. The maximum Gasteiger partial charge on any atom is 0.119 e. The monoisotopic (exact) mass is 275 g/mol. The van der Waals surface area contributed by atoms with Gasteiger partial charge in [0.2, 0.25) is 0 Å². The Hall–Kier alpha value is -1.06. The summed E-state index contributed by atoms with van der Waals surface area (Å²) in [5, 5.41) is 10.8. The number of methoxy groups -OCH3 is 1. The fourth-order valence-electron chi connectivity index (χ4n) is 3.51. The van der Waals surface area contributed by atoms with E-state index in [1.54, 1.807) is 7.11 Å². The number of hydrogen-bond donors (Lipinski definition) is 1. The number of aliphatic hydroxyl groups excluding tert-OH is 1. The molecule has 0 radical (unpaired) electrons. The molecule has 1 fully saturated rings. The number of aryl methyl sites for hydroxylation is 1. The molecule has 0 bridgehead atoms. The largest absolute Gasteiger partial charge is 0.497 e. The van der Waals surface area contributed by atoms with Crippen molar-refractivity contribution in [1.82, 2.24) is 4.90 Å². The van der Waals surface area contributed by atoms with Gasteiger partial charge in [-0.1, -0.05) is 13.0 Å². The first-order chi connectivity index (χ1) is 9.74. The van der Waals surface area contributed by atoms with Gasteiger partial charge < -0.3 is 9.84 Å². The third-order valence-corrected chi connectivity index (χ3v) is 4.67. The van der Waals surface area contributed by atoms with E-state index in [0.29, 0.717) is 6.04 Å². The van der Waals surface area contributed by atoms with Crippen LogP contribution in [0.5, 0.6) is 5.75 Å². The molecule has 3 nitrogen and oxygen atoms in total. The molecule has 2 aliphatic carbocycles. The van der Waals surface area contributed by atoms with Crippen molar-refractivity contribution in [3.05, 3.63) is 29.3 Å². The van der Waals surface area contributed by atoms with Crippen LogP contribution >= 0.6 is 0 Å². The molecule has 0 aromatic heterocycles. The van der Waals surface area contributed by atoms with Crippen LogP contribution in [0.3, 0.4) is 0 Å². The molecule has 1 aromatic rings. The molecule has 2 atom stereocenters. The van der Waals surface area contributed by atoms with Gasteiger partial charge >= 0.3 is 0 Å². The quantitative estimate of drug-likeness (QED) is 0.897. The number of ether oxygens (including phenoxy) is 1. The van der Waals surface area contributed by atoms with Crippen LogP contribution in [0.25, 0.3) is 0 Å². The minimum absolute atomic E-state index is 0.295. The molecular weight excluding hydrogens is 250 g/mol. The van der Waals surface area contributed by atoms with E-state index in [0.717, 1.165) is 43.2 Å². The average molecular weight is 275 g/mol. The SMILES string of the molecule is CCCN(C1CC1)C1CCc2cc(OC)ccc2C1O. The van der Waals surface area contributed by atoms with Gasteiger partial charge in [-0.25, -0.2) is 0 Å². The van der Waals surface area contributed by atoms with Crippen molar-refractivity contribution in [3.8, 4) is 5.75 Å². The lowest BCUT2D eigenvalue weighted by atomic mass is 9.84. The fraction of sp³-hybridized carbons (Fsp3) is 0.647. The van der Waals surface area contributed by atoms with Gasteiger partial charge in [0.1, 0.15) is 5.75 Å². The zero-order valence-corrected chi connectivity index (χ0v) is 12.5. The van der Waals surface area contributed by atoms with Crippen LogP contribution in [-0.2, 0) is 6.42 Å². The van der Waals surface area contributed by atoms with Gasteiger partial charge in [-0.2, -0.15) is 0 Å². The van der Waals surface area contributed by atoms with Crippen LogP contribution in [0.1, 0.15) is 49.8 Å². The van der Waals surface area contributed by atoms with Crippen LogP contribution in [0, 0.1) is 0 Å². The van der Waals surface area contributed by atoms with Crippen molar-refractivity contribution < 1.29 is 9.84 Å². The van der Waals surface area contributed by atoms with Crippen LogP contribution in [0.15, 0.2) is 18.2 Å². The summed E-state index contributed by atoms with van der Waals surface area (Å²) in [4.78, 5) is 2.55. The summed E-state index contributed by atoms with van der Waals surface area (Å²) in [6.07, 6.45) is 5.52. The maximum absolute atomic E-state index is 10.8. The third-order valence-electron chi connectivity index (χ3n) is 4.67. The van der Waals surface area contributed by atoms with Gasteiger partial charge in [0.25, 0.3) is 0 Å². The Morgan fingerprint density at radius 2 is 2.10 bits per heavy atom. The highest BCUT2D eigenvalue weighted by atomic mass is 16.5. The summed E-state index contributed by atoms with van der Waals surface area (Å²) in [6.45, 7) is 3.33. The fourth-order valence-corrected chi connectivity index (χ4v) is 3.51. The molecule has 0 spiro atoms. The van der Waals surface area contributed by atoms with Gasteiger partial charge in [0.15, 0.2) is 0 Å². The second-order valence-electron chi connectivity index (χ2n) is 6.08. The molecule has 3 heteroatoms. The van der Waals surface area contributed by atoms with E-state index in [9.17, 15) is 5.11 Å². The first-order valence-corrected chi connectivity index (χ1v) is 7.85. The molecule has 2 unspecified atom stereocenters. The molecule has 1 N–H and O–H groups in total. The summed E-state index contributed by atoms with van der Waals surface area (Å²) in [7, 11) is 1.69. The number of hydrogen-bond acceptors (Lipinski definition) is 3. The number of rotatable bonds is 5. The van der Waals surface area contributed by atoms with Crippen LogP contribution in [0.2, 0.25) is 0 Å². The Morgan fingerprint density at radius 1 is 1.30 bits per heavy atom. The number of fused-ring (bicyclic) bond motifs is 1. The topological polar surface area (TPSA) is 32.7 Å². The van der Waals surface area contributed by atoms with Gasteiger partial charge in [-0.15, -0.1) is 0 Å². The average Bonchev–Trinajstić information content (AvgIpc) is 3.30. The zero-order chi connectivity index (χ0) is 14.1. The number of benzene rings is 1. The normalized spacial score (nSPS) is 25.6. The lowest BCUT2D eigenvalue weighted by molar-refractivity contribution is 0.0310. The van der Waals surface area contributed by atoms with E-state index in [-0.39, 0.29) is 6.10 Å². The van der Waals surface area contributed by atoms with Crippen LogP contribution < -0.4 is 4.74 Å². The van der Waals surface area contributed by atoms with E-state index in [2.05, 4.69) is 17.9 Å². The van der Waals surface area contributed by atoms with E-state index >= 15 is 0 Å². The van der Waals surface area contributed by atoms with Crippen molar-refractivity contribution in [2.24, 2.45) is 0 Å². The van der Waals surface area contributed by atoms with Gasteiger partial charge in [-0.05, 0) is 61.9 Å². The highest BCUT2D eigenvalue weighted by molar-refractivity contribution is 5.39. The molecule has 1 saturated carbocycles. The molecular formula is C17H25NO2. The summed E-state index contributed by atoms with van der Waals surface area (Å²) in [5.41, 5.74) is 2.35. The highest BCUT2D eigenvalue weighted by Crippen LogP contribution is 2.39. The van der Waals surface area contributed by atoms with E-state index in [4.69, 9.17) is 4.74 Å². The first kappa shape index (κ1) is 13.9. The Kier molecular flexibility index (Phi) is 3.99. The summed E-state index contributed by atoms with van der Waals surface area (Å²) < 4.78 is 5.28. The second-order valence-corrected chi connectivity index (χ2v) is 6.08. The zero-order valence-electron chi connectivity index (χ0n) is 12.5. The Bertz CT molecular complexity index is 470. The predicted molar refractivity (Wildman–Crippen MR) is 80.1 cm³/mol. The predicted octanol–water partition coefficient (Wildman–Crippen LogP) is 2.92. The number of nitrogens with zero attached hydrogens (tertiary/aromatic N) is 1. The number of aliphatic hydroxyl groups is 1. The third kappa shape index (κ3) is 2.57. The van der Waals surface area contributed by atoms with Crippen LogP contribution in [-0.4, -0.2) is 35.7 Å². The molecule has 110 valence electrons. The lowest BCUT2D eigenvalue weighted by Gasteiger charge is -2.39. The minimum atomic E-state index is -0.350. The molecule has 2 aliphatic rings. The van der Waals surface area contributed by atoms with Crippen molar-refractivity contribution in [2.75, 3.05) is 13.7 Å². The summed E-state index contributed by atoms with van der Waals surface area (Å²) >= 11 is 0. The standard InChI is InChI=1S/C17H25NO2/c1-3-10-18(13-5-6-13)16-9-4-12-11-14(20-2)7-8-15(12)17(16)19/h7-8,11,13,16-17,19H,3-6,9-10H2,1-2H3. The van der Waals surface area contributed by atoms with Gasteiger partial charge in [-0.3, -0.25) is 4.90 Å². The smallest absolute Gasteiger partial charge is 0.119 e. The van der Waals surface area contributed by atoms with Crippen molar-refractivity contribution in [1.29, 1.82) is 0 Å². The van der Waals surface area contributed by atoms with Crippen molar-refractivity contribution >= 4 is 0 Å². The molecule has 0 heterocycles. The van der Waals surface area contributed by atoms with Crippen molar-refractivity contribution in [2.45, 2.75) is 57.2 Å². The molecule has 20 heavy (non-hydrogen) atoms.